The fourth-order valence-electron chi connectivity index (χ4n) is 2.30. The SMILES string of the molecule is NCc1ccccc1CCc1cccc(/C=C/C(=O)O)c1. The normalized spacial score (nSPS) is 10.9. The first kappa shape index (κ1) is 15.0. The molecule has 0 saturated heterocycles. The van der Waals surface area contributed by atoms with E-state index in [1.54, 1.807) is 6.08 Å². The average Bonchev–Trinajstić information content (AvgIpc) is 2.51. The van der Waals surface area contributed by atoms with Crippen molar-refractivity contribution in [2.75, 3.05) is 0 Å². The van der Waals surface area contributed by atoms with E-state index in [1.807, 2.05) is 30.3 Å². The van der Waals surface area contributed by atoms with Gasteiger partial charge in [-0.2, -0.15) is 0 Å². The number of hydrogen-bond acceptors (Lipinski definition) is 2. The first-order valence-electron chi connectivity index (χ1n) is 6.96. The van der Waals surface area contributed by atoms with Crippen LogP contribution in [-0.2, 0) is 24.2 Å². The van der Waals surface area contributed by atoms with Gasteiger partial charge in [-0.25, -0.2) is 4.79 Å². The minimum Gasteiger partial charge on any atom is -0.478 e. The van der Waals surface area contributed by atoms with Crippen LogP contribution in [0.3, 0.4) is 0 Å². The summed E-state index contributed by atoms with van der Waals surface area (Å²) in [7, 11) is 0. The average molecular weight is 281 g/mol. The monoisotopic (exact) mass is 281 g/mol. The fourth-order valence-corrected chi connectivity index (χ4v) is 2.30. The summed E-state index contributed by atoms with van der Waals surface area (Å²) < 4.78 is 0. The number of aliphatic carboxylic acids is 1. The van der Waals surface area contributed by atoms with Crippen molar-refractivity contribution in [3.05, 3.63) is 76.9 Å². The van der Waals surface area contributed by atoms with Crippen molar-refractivity contribution in [2.24, 2.45) is 5.73 Å². The molecule has 0 fully saturated rings. The summed E-state index contributed by atoms with van der Waals surface area (Å²) in [5.74, 6) is -0.933. The second kappa shape index (κ2) is 7.41. The Morgan fingerprint density at radius 3 is 2.52 bits per heavy atom. The molecule has 21 heavy (non-hydrogen) atoms. The van der Waals surface area contributed by atoms with Gasteiger partial charge in [-0.05, 0) is 41.2 Å². The molecular weight excluding hydrogens is 262 g/mol. The quantitative estimate of drug-likeness (QED) is 0.800. The number of carboxylic acid groups (broad SMARTS) is 1. The number of rotatable bonds is 6. The molecule has 2 aromatic rings. The van der Waals surface area contributed by atoms with E-state index in [4.69, 9.17) is 10.8 Å². The summed E-state index contributed by atoms with van der Waals surface area (Å²) in [6.45, 7) is 0.553. The van der Waals surface area contributed by atoms with Crippen LogP contribution in [0.25, 0.3) is 6.08 Å². The van der Waals surface area contributed by atoms with Crippen molar-refractivity contribution in [3.8, 4) is 0 Å². The van der Waals surface area contributed by atoms with Crippen LogP contribution in [0.5, 0.6) is 0 Å². The van der Waals surface area contributed by atoms with E-state index in [2.05, 4.69) is 18.2 Å². The summed E-state index contributed by atoms with van der Waals surface area (Å²) >= 11 is 0. The van der Waals surface area contributed by atoms with E-state index in [-0.39, 0.29) is 0 Å². The van der Waals surface area contributed by atoms with E-state index in [1.165, 1.54) is 16.7 Å². The first-order chi connectivity index (χ1) is 10.2. The van der Waals surface area contributed by atoms with Crippen LogP contribution < -0.4 is 5.73 Å². The molecule has 0 aromatic heterocycles. The van der Waals surface area contributed by atoms with Crippen LogP contribution in [0.2, 0.25) is 0 Å². The molecular formula is C18H19NO2. The van der Waals surface area contributed by atoms with Crippen molar-refractivity contribution in [1.29, 1.82) is 0 Å². The van der Waals surface area contributed by atoms with Gasteiger partial charge in [-0.15, -0.1) is 0 Å². The highest BCUT2D eigenvalue weighted by Gasteiger charge is 2.01. The van der Waals surface area contributed by atoms with Crippen LogP contribution in [-0.4, -0.2) is 11.1 Å². The van der Waals surface area contributed by atoms with Gasteiger partial charge in [0.2, 0.25) is 0 Å². The molecule has 3 N–H and O–H groups in total. The molecule has 0 atom stereocenters. The van der Waals surface area contributed by atoms with Crippen LogP contribution in [0.15, 0.2) is 54.6 Å². The van der Waals surface area contributed by atoms with Gasteiger partial charge in [-0.1, -0.05) is 48.5 Å². The zero-order chi connectivity index (χ0) is 15.1. The molecule has 0 unspecified atom stereocenters. The molecule has 0 aliphatic rings. The maximum absolute atomic E-state index is 10.5. The second-order valence-corrected chi connectivity index (χ2v) is 4.89. The van der Waals surface area contributed by atoms with Crippen LogP contribution in [0.1, 0.15) is 22.3 Å². The van der Waals surface area contributed by atoms with Gasteiger partial charge in [0.15, 0.2) is 0 Å². The summed E-state index contributed by atoms with van der Waals surface area (Å²) in [5, 5.41) is 8.66. The minimum absolute atomic E-state index is 0.553. The maximum Gasteiger partial charge on any atom is 0.328 e. The molecule has 0 aliphatic carbocycles. The fraction of sp³-hybridized carbons (Fsp3) is 0.167. The number of nitrogens with two attached hydrogens (primary N) is 1. The topological polar surface area (TPSA) is 63.3 Å². The van der Waals surface area contributed by atoms with Gasteiger partial charge in [0.05, 0.1) is 0 Å². The molecule has 3 nitrogen and oxygen atoms in total. The number of hydrogen-bond donors (Lipinski definition) is 2. The number of carbonyl (C=O) groups is 1. The lowest BCUT2D eigenvalue weighted by molar-refractivity contribution is -0.131. The largest absolute Gasteiger partial charge is 0.478 e. The van der Waals surface area contributed by atoms with Crippen LogP contribution in [0.4, 0.5) is 0 Å². The third-order valence-corrected chi connectivity index (χ3v) is 3.39. The molecule has 0 radical (unpaired) electrons. The molecule has 0 amide bonds. The standard InChI is InChI=1S/C18H19NO2/c19-13-17-7-2-1-6-16(17)10-8-14-4-3-5-15(12-14)9-11-18(20)21/h1-7,9,11-12H,8,10,13,19H2,(H,20,21)/b11-9+. The molecule has 0 spiro atoms. The lowest BCUT2D eigenvalue weighted by Gasteiger charge is -2.08. The van der Waals surface area contributed by atoms with Gasteiger partial charge < -0.3 is 10.8 Å². The van der Waals surface area contributed by atoms with Crippen LogP contribution in [0, 0.1) is 0 Å². The Bertz CT molecular complexity index is 647. The molecule has 0 heterocycles. The molecule has 0 saturated carbocycles. The third kappa shape index (κ3) is 4.58. The molecule has 0 bridgehead atoms. The highest BCUT2D eigenvalue weighted by Crippen LogP contribution is 2.14. The van der Waals surface area contributed by atoms with E-state index >= 15 is 0 Å². The van der Waals surface area contributed by atoms with E-state index in [0.717, 1.165) is 24.5 Å². The predicted octanol–water partition coefficient (Wildman–Crippen LogP) is 3.03. The van der Waals surface area contributed by atoms with Crippen LogP contribution >= 0.6 is 0 Å². The zero-order valence-corrected chi connectivity index (χ0v) is 11.8. The minimum atomic E-state index is -0.933. The van der Waals surface area contributed by atoms with Gasteiger partial charge in [0, 0.05) is 12.6 Å². The third-order valence-electron chi connectivity index (χ3n) is 3.39. The highest BCUT2D eigenvalue weighted by molar-refractivity contribution is 5.85. The number of aryl methyl sites for hydroxylation is 2. The summed E-state index contributed by atoms with van der Waals surface area (Å²) in [6, 6.07) is 16.1. The van der Waals surface area contributed by atoms with Crippen molar-refractivity contribution in [3.63, 3.8) is 0 Å². The number of carboxylic acids is 1. The second-order valence-electron chi connectivity index (χ2n) is 4.89. The van der Waals surface area contributed by atoms with E-state index < -0.39 is 5.97 Å². The van der Waals surface area contributed by atoms with Gasteiger partial charge >= 0.3 is 5.97 Å². The summed E-state index contributed by atoms with van der Waals surface area (Å²) in [4.78, 5) is 10.5. The van der Waals surface area contributed by atoms with Gasteiger partial charge in [0.25, 0.3) is 0 Å². The molecule has 0 aliphatic heterocycles. The maximum atomic E-state index is 10.5. The Kier molecular flexibility index (Phi) is 5.29. The predicted molar refractivity (Wildman–Crippen MR) is 84.9 cm³/mol. The summed E-state index contributed by atoms with van der Waals surface area (Å²) in [6.07, 6.45) is 4.60. The lowest BCUT2D eigenvalue weighted by atomic mass is 9.99. The number of benzene rings is 2. The van der Waals surface area contributed by atoms with Crippen molar-refractivity contribution in [2.45, 2.75) is 19.4 Å². The Hall–Kier alpha value is -2.39. The Morgan fingerprint density at radius 1 is 1.05 bits per heavy atom. The highest BCUT2D eigenvalue weighted by atomic mass is 16.4. The Morgan fingerprint density at radius 2 is 1.81 bits per heavy atom. The molecule has 108 valence electrons. The Balaban J connectivity index is 2.06. The summed E-state index contributed by atoms with van der Waals surface area (Å²) in [5.41, 5.74) is 10.3. The van der Waals surface area contributed by atoms with E-state index in [9.17, 15) is 4.79 Å². The van der Waals surface area contributed by atoms with Crippen molar-refractivity contribution < 1.29 is 9.90 Å². The Labute approximate surface area is 124 Å². The zero-order valence-electron chi connectivity index (χ0n) is 11.8. The first-order valence-corrected chi connectivity index (χ1v) is 6.96. The van der Waals surface area contributed by atoms with Gasteiger partial charge in [-0.3, -0.25) is 0 Å². The molecule has 3 heteroatoms. The molecule has 2 aromatic carbocycles. The molecule has 2 rings (SSSR count). The van der Waals surface area contributed by atoms with E-state index in [0.29, 0.717) is 6.54 Å². The van der Waals surface area contributed by atoms with Crippen molar-refractivity contribution in [1.82, 2.24) is 0 Å². The smallest absolute Gasteiger partial charge is 0.328 e. The van der Waals surface area contributed by atoms with Gasteiger partial charge in [0.1, 0.15) is 0 Å². The van der Waals surface area contributed by atoms with Crippen molar-refractivity contribution >= 4 is 12.0 Å². The lowest BCUT2D eigenvalue weighted by Crippen LogP contribution is -2.02.